The summed E-state index contributed by atoms with van der Waals surface area (Å²) in [6.07, 6.45) is 5.02. The minimum Gasteiger partial charge on any atom is -0.491 e. The average Bonchev–Trinajstić information content (AvgIpc) is 3.03. The second-order valence-electron chi connectivity index (χ2n) is 10.8. The molecule has 1 saturated heterocycles. The molecule has 0 radical (unpaired) electrons. The van der Waals surface area contributed by atoms with Crippen LogP contribution in [0.25, 0.3) is 0 Å². The van der Waals surface area contributed by atoms with Crippen molar-refractivity contribution in [3.8, 4) is 17.2 Å². The Balaban J connectivity index is 1.33. The molecule has 12 heteroatoms. The summed E-state index contributed by atoms with van der Waals surface area (Å²) in [5, 5.41) is 8.78. The smallest absolute Gasteiger partial charge is 0.315 e. The third-order valence-corrected chi connectivity index (χ3v) is 7.43. The third kappa shape index (κ3) is 8.88. The monoisotopic (exact) mass is 604 g/mol. The van der Waals surface area contributed by atoms with E-state index in [0.29, 0.717) is 55.7 Å². The lowest BCUT2D eigenvalue weighted by Crippen LogP contribution is -2.56. The van der Waals surface area contributed by atoms with Crippen LogP contribution in [0.3, 0.4) is 0 Å². The first-order valence-corrected chi connectivity index (χ1v) is 15.0. The first kappa shape index (κ1) is 31.2. The van der Waals surface area contributed by atoms with Gasteiger partial charge in [0, 0.05) is 75.8 Å². The van der Waals surface area contributed by atoms with Crippen molar-refractivity contribution < 1.29 is 28.5 Å². The van der Waals surface area contributed by atoms with E-state index in [1.807, 2.05) is 43.6 Å². The highest BCUT2D eigenvalue weighted by Gasteiger charge is 2.31. The van der Waals surface area contributed by atoms with E-state index in [9.17, 15) is 9.59 Å². The Morgan fingerprint density at radius 1 is 1.02 bits per heavy atom. The molecular formula is C32H40N6O6. The molecule has 1 aromatic heterocycles. The van der Waals surface area contributed by atoms with E-state index in [-0.39, 0.29) is 37.2 Å². The Morgan fingerprint density at radius 3 is 2.68 bits per heavy atom. The van der Waals surface area contributed by atoms with Crippen molar-refractivity contribution >= 4 is 11.9 Å². The number of aromatic nitrogens is 2. The van der Waals surface area contributed by atoms with Gasteiger partial charge in [-0.15, -0.1) is 0 Å². The number of carbonyl (C=O) groups excluding carboxylic acids is 2. The predicted octanol–water partition coefficient (Wildman–Crippen LogP) is 3.06. The molecule has 0 aliphatic carbocycles. The zero-order chi connectivity index (χ0) is 30.7. The van der Waals surface area contributed by atoms with Gasteiger partial charge < -0.3 is 34.9 Å². The lowest BCUT2D eigenvalue weighted by molar-refractivity contribution is -0.0304. The number of nitrogens with one attached hydrogen (secondary N) is 3. The summed E-state index contributed by atoms with van der Waals surface area (Å²) >= 11 is 0. The number of urea groups is 1. The Labute approximate surface area is 257 Å². The van der Waals surface area contributed by atoms with Crippen molar-refractivity contribution in [2.24, 2.45) is 0 Å². The van der Waals surface area contributed by atoms with Crippen LogP contribution in [-0.4, -0.2) is 85.5 Å². The lowest BCUT2D eigenvalue weighted by Gasteiger charge is -2.38. The fourth-order valence-electron chi connectivity index (χ4n) is 5.16. The molecule has 12 nitrogen and oxygen atoms in total. The fraction of sp³-hybridized carbons (Fsp3) is 0.438. The molecular weight excluding hydrogens is 564 g/mol. The van der Waals surface area contributed by atoms with Gasteiger partial charge >= 0.3 is 6.03 Å². The van der Waals surface area contributed by atoms with Gasteiger partial charge in [0.05, 0.1) is 25.4 Å². The largest absolute Gasteiger partial charge is 0.491 e. The number of fused-ring (bicyclic) bond motifs is 5. The van der Waals surface area contributed by atoms with Crippen LogP contribution in [0.5, 0.6) is 17.2 Å². The van der Waals surface area contributed by atoms with E-state index in [2.05, 4.69) is 30.8 Å². The second kappa shape index (κ2) is 15.5. The molecule has 2 aromatic carbocycles. The number of rotatable bonds is 7. The van der Waals surface area contributed by atoms with Crippen molar-refractivity contribution in [2.75, 3.05) is 46.5 Å². The predicted molar refractivity (Wildman–Crippen MR) is 163 cm³/mol. The maximum absolute atomic E-state index is 13.0. The second-order valence-corrected chi connectivity index (χ2v) is 10.8. The van der Waals surface area contributed by atoms with Crippen LogP contribution in [0.2, 0.25) is 0 Å². The van der Waals surface area contributed by atoms with Crippen LogP contribution < -0.4 is 25.4 Å². The number of carbonyl (C=O) groups is 2. The maximum atomic E-state index is 13.0. The van der Waals surface area contributed by atoms with Gasteiger partial charge in [-0.1, -0.05) is 19.1 Å². The Hall–Kier alpha value is -4.26. The average molecular weight is 605 g/mol. The molecule has 3 heterocycles. The Morgan fingerprint density at radius 2 is 1.86 bits per heavy atom. The number of aryl methyl sites for hydroxylation is 1. The molecule has 5 rings (SSSR count). The van der Waals surface area contributed by atoms with E-state index in [1.165, 1.54) is 0 Å². The van der Waals surface area contributed by atoms with E-state index < -0.39 is 0 Å². The number of methoxy groups -OCH3 is 1. The molecule has 3 N–H and O–H groups in total. The molecule has 2 atom stereocenters. The topological polar surface area (TPSA) is 136 Å². The van der Waals surface area contributed by atoms with Gasteiger partial charge in [0.1, 0.15) is 29.7 Å². The SMILES string of the molecule is CCc1ncc(CN2CC[C@@H]3NC(=O)NCCNC(=O)c4cc(OCCOC)cc(c4)Oc4cccc(c4)CO[C@H]3C2)cn1. The van der Waals surface area contributed by atoms with Crippen LogP contribution in [0.15, 0.2) is 54.9 Å². The minimum atomic E-state index is -0.306. The molecule has 0 unspecified atom stereocenters. The highest BCUT2D eigenvalue weighted by Crippen LogP contribution is 2.29. The van der Waals surface area contributed by atoms with Crippen LogP contribution in [0, 0.1) is 0 Å². The van der Waals surface area contributed by atoms with Crippen LogP contribution >= 0.6 is 0 Å². The van der Waals surface area contributed by atoms with Crippen LogP contribution in [-0.2, 0) is 29.0 Å². The van der Waals surface area contributed by atoms with Crippen molar-refractivity contribution in [2.45, 2.75) is 45.1 Å². The van der Waals surface area contributed by atoms with E-state index in [1.54, 1.807) is 25.3 Å². The zero-order valence-electron chi connectivity index (χ0n) is 25.2. The highest BCUT2D eigenvalue weighted by atomic mass is 16.5. The third-order valence-electron chi connectivity index (χ3n) is 7.43. The Kier molecular flexibility index (Phi) is 11.0. The summed E-state index contributed by atoms with van der Waals surface area (Å²) in [5.74, 6) is 2.06. The molecule has 44 heavy (non-hydrogen) atoms. The van der Waals surface area contributed by atoms with Crippen LogP contribution in [0.4, 0.5) is 4.79 Å². The molecule has 4 bridgehead atoms. The number of benzene rings is 2. The van der Waals surface area contributed by atoms with Crippen LogP contribution in [0.1, 0.15) is 40.7 Å². The van der Waals surface area contributed by atoms with E-state index >= 15 is 0 Å². The van der Waals surface area contributed by atoms with Gasteiger partial charge in [0.25, 0.3) is 5.91 Å². The fourth-order valence-corrected chi connectivity index (χ4v) is 5.16. The van der Waals surface area contributed by atoms with Gasteiger partial charge in [-0.05, 0) is 36.2 Å². The van der Waals surface area contributed by atoms with Gasteiger partial charge in [-0.2, -0.15) is 0 Å². The van der Waals surface area contributed by atoms with E-state index in [0.717, 1.165) is 36.3 Å². The standard InChI is InChI=1S/C32H40N6O6/c1-3-30-35-17-23(18-36-30)19-38-10-7-28-29(20-38)43-21-22-5-4-6-25(13-22)44-27-15-24(14-26(16-27)42-12-11-41-2)31(39)33-8-9-34-32(40)37-28/h4-6,13-18,28-29H,3,7-12,19-21H2,1-2H3,(H,33,39)(H2,34,37,40)/t28-,29-/m0/s1. The van der Waals surface area contributed by atoms with Gasteiger partial charge in [0.2, 0.25) is 0 Å². The van der Waals surface area contributed by atoms with Gasteiger partial charge in [-0.3, -0.25) is 9.69 Å². The number of likely N-dealkylation sites (tertiary alicyclic amines) is 1. The summed E-state index contributed by atoms with van der Waals surface area (Å²) in [5.41, 5.74) is 2.33. The Bertz CT molecular complexity index is 1400. The molecule has 3 amide bonds. The minimum absolute atomic E-state index is 0.186. The molecule has 1 fully saturated rings. The molecule has 2 aliphatic heterocycles. The van der Waals surface area contributed by atoms with E-state index in [4.69, 9.17) is 18.9 Å². The summed E-state index contributed by atoms with van der Waals surface area (Å²) in [6.45, 7) is 5.71. The normalized spacial score (nSPS) is 19.7. The number of nitrogens with zero attached hydrogens (tertiary/aromatic N) is 3. The van der Waals surface area contributed by atoms with Gasteiger partial charge in [0.15, 0.2) is 0 Å². The molecule has 234 valence electrons. The molecule has 0 spiro atoms. The first-order chi connectivity index (χ1) is 21.5. The number of amides is 3. The molecule has 0 saturated carbocycles. The first-order valence-electron chi connectivity index (χ1n) is 15.0. The van der Waals surface area contributed by atoms with Crippen molar-refractivity contribution in [1.82, 2.24) is 30.8 Å². The lowest BCUT2D eigenvalue weighted by atomic mass is 10.0. The zero-order valence-corrected chi connectivity index (χ0v) is 25.2. The number of piperidine rings is 1. The molecule has 3 aromatic rings. The van der Waals surface area contributed by atoms with Gasteiger partial charge in [-0.25, -0.2) is 14.8 Å². The van der Waals surface area contributed by atoms with Crippen molar-refractivity contribution in [3.63, 3.8) is 0 Å². The quantitative estimate of drug-likeness (QED) is 0.348. The van der Waals surface area contributed by atoms with Crippen molar-refractivity contribution in [1.29, 1.82) is 0 Å². The summed E-state index contributed by atoms with van der Waals surface area (Å²) in [7, 11) is 1.60. The number of hydrogen-bond donors (Lipinski definition) is 3. The summed E-state index contributed by atoms with van der Waals surface area (Å²) in [6, 6.07) is 12.2. The molecule has 2 aliphatic rings. The summed E-state index contributed by atoms with van der Waals surface area (Å²) < 4.78 is 23.5. The van der Waals surface area contributed by atoms with Crippen molar-refractivity contribution in [3.05, 3.63) is 77.4 Å². The number of hydrogen-bond acceptors (Lipinski definition) is 9. The number of ether oxygens (including phenoxy) is 4. The maximum Gasteiger partial charge on any atom is 0.315 e. The highest BCUT2D eigenvalue weighted by molar-refractivity contribution is 5.95. The summed E-state index contributed by atoms with van der Waals surface area (Å²) in [4.78, 5) is 37.0.